The van der Waals surface area contributed by atoms with E-state index in [1.165, 1.54) is 0 Å². The number of rotatable bonds is 6. The number of carbonyl (C=O) groups is 1. The van der Waals surface area contributed by atoms with E-state index in [0.717, 1.165) is 6.42 Å². The second-order valence-corrected chi connectivity index (χ2v) is 6.88. The molecule has 17 heavy (non-hydrogen) atoms. The number of aliphatic hydroxyl groups is 1. The number of hydrogen-bond acceptors (Lipinski definition) is 2. The van der Waals surface area contributed by atoms with Gasteiger partial charge in [-0.15, -0.1) is 0 Å². The molecule has 3 heteroatoms. The Hall–Kier alpha value is -0.570. The van der Waals surface area contributed by atoms with E-state index in [0.29, 0.717) is 0 Å². The molecule has 0 aromatic rings. The van der Waals surface area contributed by atoms with E-state index in [1.807, 2.05) is 48.5 Å². The molecule has 102 valence electrons. The molecule has 0 fully saturated rings. The van der Waals surface area contributed by atoms with Crippen LogP contribution in [0.1, 0.15) is 54.9 Å². The summed E-state index contributed by atoms with van der Waals surface area (Å²) in [5.41, 5.74) is -1.20. The van der Waals surface area contributed by atoms with Gasteiger partial charge in [-0.05, 0) is 16.2 Å². The summed E-state index contributed by atoms with van der Waals surface area (Å²) in [4.78, 5) is 11.6. The molecule has 0 spiro atoms. The first kappa shape index (κ1) is 16.4. The van der Waals surface area contributed by atoms with Crippen LogP contribution in [-0.2, 0) is 4.79 Å². The van der Waals surface area contributed by atoms with E-state index in [-0.39, 0.29) is 12.0 Å². The summed E-state index contributed by atoms with van der Waals surface area (Å²) in [5.74, 6) is -1.26. The summed E-state index contributed by atoms with van der Waals surface area (Å²) in [6.07, 6.45) is 0.801. The normalized spacial score (nSPS) is 15.8. The molecule has 3 nitrogen and oxygen atoms in total. The molecule has 0 aromatic carbocycles. The molecule has 0 bridgehead atoms. The lowest BCUT2D eigenvalue weighted by molar-refractivity contribution is -0.160. The highest BCUT2D eigenvalue weighted by Gasteiger charge is 2.51. The lowest BCUT2D eigenvalue weighted by Gasteiger charge is -2.49. The van der Waals surface area contributed by atoms with Crippen molar-refractivity contribution in [1.29, 1.82) is 0 Å². The largest absolute Gasteiger partial charge is 0.481 e. The molecule has 0 aliphatic heterocycles. The molecule has 1 unspecified atom stereocenters. The summed E-state index contributed by atoms with van der Waals surface area (Å²) in [7, 11) is 0. The first-order valence-corrected chi connectivity index (χ1v) is 6.27. The van der Waals surface area contributed by atoms with Crippen molar-refractivity contribution in [3.05, 3.63) is 0 Å². The van der Waals surface area contributed by atoms with E-state index < -0.39 is 22.7 Å². The van der Waals surface area contributed by atoms with Crippen LogP contribution in [0, 0.1) is 22.2 Å². The van der Waals surface area contributed by atoms with Gasteiger partial charge in [0.15, 0.2) is 0 Å². The number of hydrogen-bond donors (Lipinski definition) is 2. The van der Waals surface area contributed by atoms with Crippen LogP contribution < -0.4 is 0 Å². The maximum atomic E-state index is 11.6. The standard InChI is InChI=1S/C14H28O3/c1-8-12(2,3)10(11(16)17)14(6,7)13(4,5)9-15/h10,15H,8-9H2,1-7H3,(H,16,17). The highest BCUT2D eigenvalue weighted by atomic mass is 16.4. The first-order chi connectivity index (χ1) is 7.44. The van der Waals surface area contributed by atoms with Crippen molar-refractivity contribution >= 4 is 5.97 Å². The maximum absolute atomic E-state index is 11.6. The minimum absolute atomic E-state index is 0.0103. The van der Waals surface area contributed by atoms with Crippen LogP contribution in [0.3, 0.4) is 0 Å². The van der Waals surface area contributed by atoms with Gasteiger partial charge in [-0.3, -0.25) is 4.79 Å². The molecule has 0 saturated carbocycles. The number of aliphatic hydroxyl groups excluding tert-OH is 1. The van der Waals surface area contributed by atoms with Crippen LogP contribution in [0.25, 0.3) is 0 Å². The van der Waals surface area contributed by atoms with Gasteiger partial charge >= 0.3 is 5.97 Å². The van der Waals surface area contributed by atoms with Crippen molar-refractivity contribution in [2.45, 2.75) is 54.9 Å². The Bertz CT molecular complexity index is 277. The molecule has 0 radical (unpaired) electrons. The third kappa shape index (κ3) is 3.01. The van der Waals surface area contributed by atoms with E-state index in [4.69, 9.17) is 0 Å². The molecular formula is C14H28O3. The van der Waals surface area contributed by atoms with Gasteiger partial charge < -0.3 is 10.2 Å². The molecule has 0 amide bonds. The van der Waals surface area contributed by atoms with Gasteiger partial charge in [0.25, 0.3) is 0 Å². The fraction of sp³-hybridized carbons (Fsp3) is 0.929. The summed E-state index contributed by atoms with van der Waals surface area (Å²) in [6, 6.07) is 0. The van der Waals surface area contributed by atoms with Crippen LogP contribution >= 0.6 is 0 Å². The Morgan fingerprint density at radius 3 is 1.76 bits per heavy atom. The molecule has 1 atom stereocenters. The molecule has 0 aliphatic rings. The predicted octanol–water partition coefficient (Wildman–Crippen LogP) is 3.17. The van der Waals surface area contributed by atoms with Crippen molar-refractivity contribution in [3.63, 3.8) is 0 Å². The Morgan fingerprint density at radius 1 is 1.12 bits per heavy atom. The minimum Gasteiger partial charge on any atom is -0.481 e. The van der Waals surface area contributed by atoms with Crippen molar-refractivity contribution in [2.24, 2.45) is 22.2 Å². The average molecular weight is 244 g/mol. The molecule has 0 aromatic heterocycles. The fourth-order valence-corrected chi connectivity index (χ4v) is 2.42. The first-order valence-electron chi connectivity index (χ1n) is 6.27. The molecule has 2 N–H and O–H groups in total. The van der Waals surface area contributed by atoms with Gasteiger partial charge in [-0.25, -0.2) is 0 Å². The second-order valence-electron chi connectivity index (χ2n) is 6.88. The zero-order valence-corrected chi connectivity index (χ0v) is 12.3. The highest BCUT2D eigenvalue weighted by Crippen LogP contribution is 2.51. The minimum atomic E-state index is -0.775. The van der Waals surface area contributed by atoms with Crippen LogP contribution in [-0.4, -0.2) is 22.8 Å². The summed E-state index contributed by atoms with van der Waals surface area (Å²) >= 11 is 0. The Kier molecular flexibility index (Phi) is 4.80. The zero-order valence-electron chi connectivity index (χ0n) is 12.3. The Morgan fingerprint density at radius 2 is 1.53 bits per heavy atom. The topological polar surface area (TPSA) is 57.5 Å². The predicted molar refractivity (Wildman–Crippen MR) is 69.8 cm³/mol. The lowest BCUT2D eigenvalue weighted by Crippen LogP contribution is -2.50. The number of carboxylic acid groups (broad SMARTS) is 1. The molecule has 0 rings (SSSR count). The van der Waals surface area contributed by atoms with E-state index in [1.54, 1.807) is 0 Å². The van der Waals surface area contributed by atoms with E-state index >= 15 is 0 Å². The SMILES string of the molecule is CCC(C)(C)C(C(=O)O)C(C)(C)C(C)(C)CO. The third-order valence-electron chi connectivity index (χ3n) is 4.80. The van der Waals surface area contributed by atoms with Gasteiger partial charge in [-0.2, -0.15) is 0 Å². The summed E-state index contributed by atoms with van der Waals surface area (Å²) in [6.45, 7) is 13.7. The average Bonchev–Trinajstić information content (AvgIpc) is 2.15. The van der Waals surface area contributed by atoms with Gasteiger partial charge in [0.2, 0.25) is 0 Å². The van der Waals surface area contributed by atoms with Crippen molar-refractivity contribution in [2.75, 3.05) is 6.61 Å². The fourth-order valence-electron chi connectivity index (χ4n) is 2.42. The maximum Gasteiger partial charge on any atom is 0.307 e. The van der Waals surface area contributed by atoms with Gasteiger partial charge in [0, 0.05) is 6.61 Å². The molecule has 0 saturated heterocycles. The lowest BCUT2D eigenvalue weighted by atomic mass is 9.54. The second kappa shape index (κ2) is 4.97. The van der Waals surface area contributed by atoms with Crippen LogP contribution in [0.4, 0.5) is 0 Å². The van der Waals surface area contributed by atoms with Gasteiger partial charge in [0.1, 0.15) is 0 Å². The molecule has 0 aliphatic carbocycles. The summed E-state index contributed by atoms with van der Waals surface area (Å²) in [5, 5.41) is 19.1. The van der Waals surface area contributed by atoms with Crippen molar-refractivity contribution < 1.29 is 15.0 Å². The number of carboxylic acids is 1. The quantitative estimate of drug-likeness (QED) is 0.754. The third-order valence-corrected chi connectivity index (χ3v) is 4.80. The molecular weight excluding hydrogens is 216 g/mol. The van der Waals surface area contributed by atoms with E-state index in [9.17, 15) is 15.0 Å². The van der Waals surface area contributed by atoms with Crippen LogP contribution in [0.15, 0.2) is 0 Å². The molecule has 0 heterocycles. The van der Waals surface area contributed by atoms with Gasteiger partial charge in [-0.1, -0.05) is 54.9 Å². The zero-order chi connectivity index (χ0) is 14.1. The Balaban J connectivity index is 5.57. The van der Waals surface area contributed by atoms with Gasteiger partial charge in [0.05, 0.1) is 5.92 Å². The van der Waals surface area contributed by atoms with Crippen molar-refractivity contribution in [1.82, 2.24) is 0 Å². The van der Waals surface area contributed by atoms with Crippen molar-refractivity contribution in [3.8, 4) is 0 Å². The van der Waals surface area contributed by atoms with E-state index in [2.05, 4.69) is 0 Å². The summed E-state index contributed by atoms with van der Waals surface area (Å²) < 4.78 is 0. The van der Waals surface area contributed by atoms with Crippen LogP contribution in [0.2, 0.25) is 0 Å². The highest BCUT2D eigenvalue weighted by molar-refractivity contribution is 5.72. The van der Waals surface area contributed by atoms with Crippen LogP contribution in [0.5, 0.6) is 0 Å². The number of aliphatic carboxylic acids is 1. The smallest absolute Gasteiger partial charge is 0.307 e. The Labute approximate surface area is 105 Å². The monoisotopic (exact) mass is 244 g/mol.